The summed E-state index contributed by atoms with van der Waals surface area (Å²) in [4.78, 5) is 21.9. The summed E-state index contributed by atoms with van der Waals surface area (Å²) in [6.45, 7) is 1.93. The number of ether oxygens (including phenoxy) is 1. The zero-order valence-corrected chi connectivity index (χ0v) is 11.1. The maximum atomic E-state index is 12.8. The highest BCUT2D eigenvalue weighted by Gasteiger charge is 2.15. The molecule has 6 heteroatoms. The van der Waals surface area contributed by atoms with Crippen LogP contribution in [0.15, 0.2) is 18.2 Å². The minimum atomic E-state index is -2.67. The van der Waals surface area contributed by atoms with Gasteiger partial charge in [-0.1, -0.05) is 18.2 Å². The molecule has 0 aliphatic heterocycles. The fourth-order valence-electron chi connectivity index (χ4n) is 1.82. The average Bonchev–Trinajstić information content (AvgIpc) is 2.36. The number of halogens is 2. The maximum absolute atomic E-state index is 12.8. The number of carbonyl (C=O) groups excluding carboxylic acids is 1. The highest BCUT2D eigenvalue weighted by Crippen LogP contribution is 2.25. The van der Waals surface area contributed by atoms with Gasteiger partial charge in [-0.25, -0.2) is 8.78 Å². The van der Waals surface area contributed by atoms with Crippen molar-refractivity contribution in [2.75, 3.05) is 6.61 Å². The Hall–Kier alpha value is -1.98. The quantitative estimate of drug-likeness (QED) is 0.783. The third kappa shape index (κ3) is 4.95. The fraction of sp³-hybridized carbons (Fsp3) is 0.429. The lowest BCUT2D eigenvalue weighted by molar-refractivity contribution is -0.142. The maximum Gasteiger partial charge on any atom is 0.310 e. The molecular weight excluding hydrogens is 270 g/mol. The van der Waals surface area contributed by atoms with Gasteiger partial charge in [0.1, 0.15) is 0 Å². The van der Waals surface area contributed by atoms with Gasteiger partial charge in [0.25, 0.3) is 6.43 Å². The lowest BCUT2D eigenvalue weighted by atomic mass is 9.99. The molecule has 0 atom stereocenters. The molecule has 0 heterocycles. The molecule has 0 aliphatic rings. The van der Waals surface area contributed by atoms with Crippen molar-refractivity contribution in [3.63, 3.8) is 0 Å². The Labute approximate surface area is 115 Å². The largest absolute Gasteiger partial charge is 0.481 e. The number of esters is 1. The molecule has 0 aromatic heterocycles. The number of benzene rings is 1. The Balaban J connectivity index is 2.91. The Bertz CT molecular complexity index is 486. The van der Waals surface area contributed by atoms with Gasteiger partial charge in [0, 0.05) is 12.0 Å². The molecule has 1 aromatic carbocycles. The van der Waals surface area contributed by atoms with Crippen molar-refractivity contribution in [2.24, 2.45) is 0 Å². The normalized spacial score (nSPS) is 10.6. The van der Waals surface area contributed by atoms with Gasteiger partial charge in [0.15, 0.2) is 0 Å². The third-order valence-electron chi connectivity index (χ3n) is 2.70. The van der Waals surface area contributed by atoms with Crippen LogP contribution < -0.4 is 0 Å². The molecule has 20 heavy (non-hydrogen) atoms. The Morgan fingerprint density at radius 3 is 2.60 bits per heavy atom. The van der Waals surface area contributed by atoms with E-state index in [0.717, 1.165) is 0 Å². The van der Waals surface area contributed by atoms with Crippen LogP contribution in [0.5, 0.6) is 0 Å². The summed E-state index contributed by atoms with van der Waals surface area (Å²) < 4.78 is 30.4. The first-order valence-electron chi connectivity index (χ1n) is 6.21. The van der Waals surface area contributed by atoms with Crippen LogP contribution in [0.4, 0.5) is 8.78 Å². The smallest absolute Gasteiger partial charge is 0.310 e. The standard InChI is InChI=1S/C14H16F2O4/c1-2-20-13(19)8-9-3-5-11(14(15)16)10(7-9)4-6-12(17)18/h3,5,7,14H,2,4,6,8H2,1H3,(H,17,18). The molecule has 1 rings (SSSR count). The van der Waals surface area contributed by atoms with Crippen molar-refractivity contribution in [3.05, 3.63) is 34.9 Å². The number of alkyl halides is 2. The number of carboxylic acids is 1. The first-order chi connectivity index (χ1) is 9.43. The number of hydrogen-bond donors (Lipinski definition) is 1. The zero-order valence-electron chi connectivity index (χ0n) is 11.1. The first kappa shape index (κ1) is 16.1. The van der Waals surface area contributed by atoms with Crippen LogP contribution in [-0.2, 0) is 27.2 Å². The number of aryl methyl sites for hydroxylation is 1. The molecule has 0 saturated carbocycles. The van der Waals surface area contributed by atoms with Crippen LogP contribution >= 0.6 is 0 Å². The summed E-state index contributed by atoms with van der Waals surface area (Å²) in [5, 5.41) is 8.63. The highest BCUT2D eigenvalue weighted by atomic mass is 19.3. The first-order valence-corrected chi connectivity index (χ1v) is 6.21. The molecule has 0 aliphatic carbocycles. The van der Waals surface area contributed by atoms with Crippen LogP contribution in [0.3, 0.4) is 0 Å². The SMILES string of the molecule is CCOC(=O)Cc1ccc(C(F)F)c(CCC(=O)O)c1. The van der Waals surface area contributed by atoms with E-state index < -0.39 is 18.4 Å². The molecule has 1 N–H and O–H groups in total. The predicted octanol–water partition coefficient (Wildman–Crippen LogP) is 2.75. The molecule has 0 spiro atoms. The molecule has 0 unspecified atom stereocenters. The van der Waals surface area contributed by atoms with E-state index in [4.69, 9.17) is 9.84 Å². The van der Waals surface area contributed by atoms with E-state index in [1.165, 1.54) is 18.2 Å². The van der Waals surface area contributed by atoms with Crippen molar-refractivity contribution >= 4 is 11.9 Å². The molecule has 0 saturated heterocycles. The van der Waals surface area contributed by atoms with E-state index in [9.17, 15) is 18.4 Å². The summed E-state index contributed by atoms with van der Waals surface area (Å²) in [7, 11) is 0. The van der Waals surface area contributed by atoms with Crippen molar-refractivity contribution in [3.8, 4) is 0 Å². The molecule has 4 nitrogen and oxygen atoms in total. The van der Waals surface area contributed by atoms with Gasteiger partial charge in [-0.05, 0) is 24.5 Å². The minimum Gasteiger partial charge on any atom is -0.481 e. The molecule has 1 aromatic rings. The van der Waals surface area contributed by atoms with Gasteiger partial charge in [-0.2, -0.15) is 0 Å². The van der Waals surface area contributed by atoms with Gasteiger partial charge >= 0.3 is 11.9 Å². The van der Waals surface area contributed by atoms with Gasteiger partial charge in [-0.3, -0.25) is 9.59 Å². The summed E-state index contributed by atoms with van der Waals surface area (Å²) in [6, 6.07) is 4.11. The average molecular weight is 286 g/mol. The van der Waals surface area contributed by atoms with E-state index in [2.05, 4.69) is 0 Å². The van der Waals surface area contributed by atoms with Crippen LogP contribution in [0.2, 0.25) is 0 Å². The van der Waals surface area contributed by atoms with E-state index in [1.807, 2.05) is 0 Å². The van der Waals surface area contributed by atoms with E-state index >= 15 is 0 Å². The topological polar surface area (TPSA) is 63.6 Å². The Kier molecular flexibility index (Phi) is 6.09. The van der Waals surface area contributed by atoms with Crippen molar-refractivity contribution < 1.29 is 28.2 Å². The molecule has 0 amide bonds. The molecule has 0 fully saturated rings. The van der Waals surface area contributed by atoms with E-state index in [-0.39, 0.29) is 37.0 Å². The lowest BCUT2D eigenvalue weighted by Crippen LogP contribution is -2.09. The molecule has 0 bridgehead atoms. The fourth-order valence-corrected chi connectivity index (χ4v) is 1.82. The lowest BCUT2D eigenvalue weighted by Gasteiger charge is -2.10. The molecular formula is C14H16F2O4. The second kappa shape index (κ2) is 7.57. The van der Waals surface area contributed by atoms with Crippen LogP contribution in [0.1, 0.15) is 36.5 Å². The van der Waals surface area contributed by atoms with Gasteiger partial charge in [-0.15, -0.1) is 0 Å². The zero-order chi connectivity index (χ0) is 15.1. The Morgan fingerprint density at radius 1 is 1.35 bits per heavy atom. The van der Waals surface area contributed by atoms with E-state index in [1.54, 1.807) is 6.92 Å². The number of hydrogen-bond acceptors (Lipinski definition) is 3. The summed E-state index contributed by atoms with van der Waals surface area (Å²) in [6.07, 6.45) is -2.92. The predicted molar refractivity (Wildman–Crippen MR) is 67.7 cm³/mol. The second-order valence-electron chi connectivity index (χ2n) is 4.21. The Morgan fingerprint density at radius 2 is 2.05 bits per heavy atom. The summed E-state index contributed by atoms with van der Waals surface area (Å²) in [5.74, 6) is -1.50. The van der Waals surface area contributed by atoms with Crippen molar-refractivity contribution in [1.82, 2.24) is 0 Å². The molecule has 110 valence electrons. The van der Waals surface area contributed by atoms with Gasteiger partial charge in [0.2, 0.25) is 0 Å². The van der Waals surface area contributed by atoms with Crippen LogP contribution in [0.25, 0.3) is 0 Å². The number of rotatable bonds is 7. The second-order valence-corrected chi connectivity index (χ2v) is 4.21. The summed E-state index contributed by atoms with van der Waals surface area (Å²) in [5.41, 5.74) is 0.594. The highest BCUT2D eigenvalue weighted by molar-refractivity contribution is 5.72. The number of aliphatic carboxylic acids is 1. The third-order valence-corrected chi connectivity index (χ3v) is 2.70. The number of carbonyl (C=O) groups is 2. The van der Waals surface area contributed by atoms with Crippen molar-refractivity contribution in [1.29, 1.82) is 0 Å². The monoisotopic (exact) mass is 286 g/mol. The number of carboxylic acid groups (broad SMARTS) is 1. The molecule has 0 radical (unpaired) electrons. The van der Waals surface area contributed by atoms with Crippen LogP contribution in [-0.4, -0.2) is 23.7 Å². The summed E-state index contributed by atoms with van der Waals surface area (Å²) >= 11 is 0. The van der Waals surface area contributed by atoms with Gasteiger partial charge < -0.3 is 9.84 Å². The van der Waals surface area contributed by atoms with E-state index in [0.29, 0.717) is 5.56 Å². The van der Waals surface area contributed by atoms with Crippen LogP contribution in [0, 0.1) is 0 Å². The van der Waals surface area contributed by atoms with Gasteiger partial charge in [0.05, 0.1) is 13.0 Å². The van der Waals surface area contributed by atoms with Crippen molar-refractivity contribution in [2.45, 2.75) is 32.6 Å². The minimum absolute atomic E-state index is 0.00563.